The molecule has 0 N–H and O–H groups in total. The second-order valence-electron chi connectivity index (χ2n) is 9.59. The van der Waals surface area contributed by atoms with Crippen LogP contribution < -0.4 is 0 Å². The van der Waals surface area contributed by atoms with Crippen molar-refractivity contribution >= 4 is 5.97 Å². The molecule has 1 unspecified atom stereocenters. The summed E-state index contributed by atoms with van der Waals surface area (Å²) >= 11 is 0. The van der Waals surface area contributed by atoms with Gasteiger partial charge in [0, 0.05) is 25.6 Å². The van der Waals surface area contributed by atoms with Crippen molar-refractivity contribution in [1.82, 2.24) is 4.90 Å². The van der Waals surface area contributed by atoms with Crippen molar-refractivity contribution in [2.45, 2.75) is 58.6 Å². The summed E-state index contributed by atoms with van der Waals surface area (Å²) in [6.45, 7) is 7.61. The van der Waals surface area contributed by atoms with Gasteiger partial charge in [0.2, 0.25) is 0 Å². The molecule has 1 aromatic rings. The van der Waals surface area contributed by atoms with Crippen LogP contribution in [0.1, 0.15) is 50.7 Å². The molecule has 5 rings (SSSR count). The van der Waals surface area contributed by atoms with E-state index in [0.29, 0.717) is 5.92 Å². The van der Waals surface area contributed by atoms with E-state index < -0.39 is 0 Å². The SMILES string of the molecule is C[C@H]1CCC[C@]2(C)C[C@H]3OC(=O)C(CN4CCc5ccccc5C4)[C@H]3C=C12. The van der Waals surface area contributed by atoms with Gasteiger partial charge in [-0.15, -0.1) is 0 Å². The predicted octanol–water partition coefficient (Wildman–Crippen LogP) is 4.36. The van der Waals surface area contributed by atoms with Crippen molar-refractivity contribution in [3.05, 3.63) is 47.0 Å². The Balaban J connectivity index is 1.37. The van der Waals surface area contributed by atoms with Crippen LogP contribution in [0.5, 0.6) is 0 Å². The molecule has 1 saturated heterocycles. The van der Waals surface area contributed by atoms with E-state index in [1.54, 1.807) is 5.57 Å². The normalized spacial score (nSPS) is 38.4. The molecule has 4 aliphatic rings. The summed E-state index contributed by atoms with van der Waals surface area (Å²) in [4.78, 5) is 15.2. The Labute approximate surface area is 162 Å². The number of carbonyl (C=O) groups excluding carboxylic acids is 1. The Morgan fingerprint density at radius 1 is 1.26 bits per heavy atom. The van der Waals surface area contributed by atoms with E-state index in [4.69, 9.17) is 4.74 Å². The summed E-state index contributed by atoms with van der Waals surface area (Å²) in [6, 6.07) is 8.72. The topological polar surface area (TPSA) is 29.5 Å². The molecule has 0 spiro atoms. The Bertz CT molecular complexity index is 784. The van der Waals surface area contributed by atoms with Gasteiger partial charge in [0.15, 0.2) is 0 Å². The maximum absolute atomic E-state index is 12.8. The molecule has 1 aromatic carbocycles. The zero-order valence-corrected chi connectivity index (χ0v) is 16.6. The van der Waals surface area contributed by atoms with Crippen LogP contribution in [0.4, 0.5) is 0 Å². The number of carbonyl (C=O) groups is 1. The van der Waals surface area contributed by atoms with Gasteiger partial charge in [-0.2, -0.15) is 0 Å². The zero-order valence-electron chi connectivity index (χ0n) is 16.6. The number of fused-ring (bicyclic) bond motifs is 3. The van der Waals surface area contributed by atoms with Crippen LogP contribution in [0, 0.1) is 23.2 Å². The number of rotatable bonds is 2. The van der Waals surface area contributed by atoms with Gasteiger partial charge >= 0.3 is 5.97 Å². The molecular formula is C24H31NO2. The smallest absolute Gasteiger partial charge is 0.311 e. The van der Waals surface area contributed by atoms with Crippen LogP contribution in [-0.4, -0.2) is 30.1 Å². The van der Waals surface area contributed by atoms with E-state index in [1.807, 2.05) is 0 Å². The highest BCUT2D eigenvalue weighted by Gasteiger charge is 2.52. The fourth-order valence-corrected chi connectivity index (χ4v) is 6.25. The predicted molar refractivity (Wildman–Crippen MR) is 106 cm³/mol. The van der Waals surface area contributed by atoms with Gasteiger partial charge in [-0.05, 0) is 48.1 Å². The zero-order chi connectivity index (χ0) is 18.6. The summed E-state index contributed by atoms with van der Waals surface area (Å²) < 4.78 is 5.93. The monoisotopic (exact) mass is 365 g/mol. The van der Waals surface area contributed by atoms with Gasteiger partial charge in [0.25, 0.3) is 0 Å². The fourth-order valence-electron chi connectivity index (χ4n) is 6.25. The molecule has 144 valence electrons. The quantitative estimate of drug-likeness (QED) is 0.576. The summed E-state index contributed by atoms with van der Waals surface area (Å²) in [5.74, 6) is 0.975. The van der Waals surface area contributed by atoms with Crippen molar-refractivity contribution < 1.29 is 9.53 Å². The first-order valence-corrected chi connectivity index (χ1v) is 10.8. The van der Waals surface area contributed by atoms with Gasteiger partial charge in [0.05, 0.1) is 5.92 Å². The molecule has 1 saturated carbocycles. The lowest BCUT2D eigenvalue weighted by Crippen LogP contribution is -2.41. The highest BCUT2D eigenvalue weighted by molar-refractivity contribution is 5.76. The first-order chi connectivity index (χ1) is 13.0. The molecule has 5 atom stereocenters. The van der Waals surface area contributed by atoms with Crippen molar-refractivity contribution in [3.8, 4) is 0 Å². The molecule has 0 amide bonds. The summed E-state index contributed by atoms with van der Waals surface area (Å²) in [5, 5.41) is 0. The Kier molecular flexibility index (Phi) is 4.19. The average molecular weight is 366 g/mol. The number of hydrogen-bond donors (Lipinski definition) is 0. The molecule has 27 heavy (non-hydrogen) atoms. The largest absolute Gasteiger partial charge is 0.461 e. The van der Waals surface area contributed by atoms with Gasteiger partial charge in [-0.25, -0.2) is 0 Å². The highest BCUT2D eigenvalue weighted by atomic mass is 16.6. The number of ether oxygens (including phenoxy) is 1. The van der Waals surface area contributed by atoms with Gasteiger partial charge in [-0.1, -0.05) is 56.2 Å². The lowest BCUT2D eigenvalue weighted by molar-refractivity contribution is -0.145. The maximum Gasteiger partial charge on any atom is 0.311 e. The maximum atomic E-state index is 12.8. The molecule has 2 aliphatic carbocycles. The lowest BCUT2D eigenvalue weighted by Gasteiger charge is -2.46. The minimum atomic E-state index is 0.00596. The molecule has 0 radical (unpaired) electrons. The van der Waals surface area contributed by atoms with E-state index in [2.05, 4.69) is 49.1 Å². The highest BCUT2D eigenvalue weighted by Crippen LogP contribution is 2.54. The first-order valence-electron chi connectivity index (χ1n) is 10.8. The van der Waals surface area contributed by atoms with Crippen molar-refractivity contribution in [2.24, 2.45) is 23.2 Å². The standard InChI is InChI=1S/C24H31NO2/c1-16-6-5-10-24(2)13-22-19(12-21(16)24)20(23(26)27-22)15-25-11-9-17-7-3-4-8-18(17)14-25/h3-4,7-8,12,16,19-20,22H,5-6,9-11,13-15H2,1-2H3/t16-,19+,20?,22+,24+/m0/s1. The summed E-state index contributed by atoms with van der Waals surface area (Å²) in [6.07, 6.45) is 8.53. The van der Waals surface area contributed by atoms with Crippen LogP contribution >= 0.6 is 0 Å². The molecule has 2 aliphatic heterocycles. The average Bonchev–Trinajstić information content (AvgIpc) is 2.94. The van der Waals surface area contributed by atoms with Crippen LogP contribution in [-0.2, 0) is 22.5 Å². The molecule has 3 heteroatoms. The Morgan fingerprint density at radius 3 is 2.93 bits per heavy atom. The van der Waals surface area contributed by atoms with E-state index in [1.165, 1.54) is 30.4 Å². The number of esters is 1. The van der Waals surface area contributed by atoms with Gasteiger partial charge in [-0.3, -0.25) is 9.69 Å². The van der Waals surface area contributed by atoms with Crippen LogP contribution in [0.2, 0.25) is 0 Å². The van der Waals surface area contributed by atoms with Crippen LogP contribution in [0.15, 0.2) is 35.9 Å². The molecule has 0 aromatic heterocycles. The molecule has 3 nitrogen and oxygen atoms in total. The third-order valence-electron chi connectivity index (χ3n) is 7.75. The second-order valence-corrected chi connectivity index (χ2v) is 9.59. The van der Waals surface area contributed by atoms with E-state index >= 15 is 0 Å². The third kappa shape index (κ3) is 2.95. The molecular weight excluding hydrogens is 334 g/mol. The number of hydrogen-bond acceptors (Lipinski definition) is 3. The van der Waals surface area contributed by atoms with E-state index in [-0.39, 0.29) is 29.3 Å². The molecule has 2 heterocycles. The molecule has 0 bridgehead atoms. The fraction of sp³-hybridized carbons (Fsp3) is 0.625. The number of benzene rings is 1. The minimum absolute atomic E-state index is 0.00596. The van der Waals surface area contributed by atoms with Crippen molar-refractivity contribution in [3.63, 3.8) is 0 Å². The van der Waals surface area contributed by atoms with Crippen molar-refractivity contribution in [2.75, 3.05) is 13.1 Å². The summed E-state index contributed by atoms with van der Waals surface area (Å²) in [5.41, 5.74) is 4.74. The Hall–Kier alpha value is -1.61. The van der Waals surface area contributed by atoms with Crippen molar-refractivity contribution in [1.29, 1.82) is 0 Å². The second kappa shape index (κ2) is 6.48. The minimum Gasteiger partial charge on any atom is -0.461 e. The Morgan fingerprint density at radius 2 is 2.07 bits per heavy atom. The third-order valence-corrected chi connectivity index (χ3v) is 7.75. The first kappa shape index (κ1) is 17.5. The molecule has 2 fully saturated rings. The summed E-state index contributed by atoms with van der Waals surface area (Å²) in [7, 11) is 0. The van der Waals surface area contributed by atoms with E-state index in [9.17, 15) is 4.79 Å². The van der Waals surface area contributed by atoms with Crippen LogP contribution in [0.3, 0.4) is 0 Å². The van der Waals surface area contributed by atoms with Gasteiger partial charge < -0.3 is 4.74 Å². The number of nitrogens with zero attached hydrogens (tertiary/aromatic N) is 1. The van der Waals surface area contributed by atoms with Crippen LogP contribution in [0.25, 0.3) is 0 Å². The van der Waals surface area contributed by atoms with E-state index in [0.717, 1.165) is 32.5 Å². The lowest BCUT2D eigenvalue weighted by atomic mass is 9.59. The van der Waals surface area contributed by atoms with Gasteiger partial charge in [0.1, 0.15) is 6.10 Å². The number of allylic oxidation sites excluding steroid dienone is 1.